The highest BCUT2D eigenvalue weighted by atomic mass is 79.9. The van der Waals surface area contributed by atoms with Crippen LogP contribution in [-0.2, 0) is 11.9 Å². The topological polar surface area (TPSA) is 33.0 Å². The van der Waals surface area contributed by atoms with E-state index in [1.54, 1.807) is 24.3 Å². The van der Waals surface area contributed by atoms with Crippen molar-refractivity contribution in [3.63, 3.8) is 0 Å². The van der Waals surface area contributed by atoms with Crippen molar-refractivity contribution in [3.8, 4) is 11.8 Å². The standard InChI is InChI=1S/C15H10BrClFNO/c16-7-11-3-13(18)6-14(4-11)20-9-12-2-1-10(8-19)5-15(12)17/h1-6H,7,9H2. The van der Waals surface area contributed by atoms with Crippen molar-refractivity contribution in [1.82, 2.24) is 0 Å². The lowest BCUT2D eigenvalue weighted by atomic mass is 10.1. The second kappa shape index (κ2) is 6.74. The van der Waals surface area contributed by atoms with E-state index >= 15 is 0 Å². The van der Waals surface area contributed by atoms with E-state index in [4.69, 9.17) is 21.6 Å². The number of hydrogen-bond acceptors (Lipinski definition) is 2. The number of benzene rings is 2. The maximum absolute atomic E-state index is 13.4. The van der Waals surface area contributed by atoms with Gasteiger partial charge >= 0.3 is 0 Å². The Balaban J connectivity index is 2.13. The molecule has 0 aliphatic rings. The maximum Gasteiger partial charge on any atom is 0.127 e. The third kappa shape index (κ3) is 3.72. The third-order valence-electron chi connectivity index (χ3n) is 2.66. The van der Waals surface area contributed by atoms with Gasteiger partial charge in [-0.05, 0) is 29.8 Å². The van der Waals surface area contributed by atoms with Gasteiger partial charge in [-0.25, -0.2) is 4.39 Å². The quantitative estimate of drug-likeness (QED) is 0.737. The lowest BCUT2D eigenvalue weighted by Gasteiger charge is -2.09. The van der Waals surface area contributed by atoms with E-state index in [-0.39, 0.29) is 12.4 Å². The molecule has 0 bridgehead atoms. The van der Waals surface area contributed by atoms with Crippen molar-refractivity contribution in [3.05, 3.63) is 63.9 Å². The molecule has 0 N–H and O–H groups in total. The second-order valence-corrected chi connectivity index (χ2v) is 5.10. The van der Waals surface area contributed by atoms with Crippen molar-refractivity contribution in [2.24, 2.45) is 0 Å². The van der Waals surface area contributed by atoms with Crippen molar-refractivity contribution < 1.29 is 9.13 Å². The molecule has 102 valence electrons. The zero-order chi connectivity index (χ0) is 14.5. The summed E-state index contributed by atoms with van der Waals surface area (Å²) in [6.07, 6.45) is 0. The molecular weight excluding hydrogens is 345 g/mol. The van der Waals surface area contributed by atoms with Gasteiger partial charge in [-0.15, -0.1) is 0 Å². The number of ether oxygens (including phenoxy) is 1. The molecule has 0 spiro atoms. The normalized spacial score (nSPS) is 10.1. The van der Waals surface area contributed by atoms with Crippen LogP contribution in [-0.4, -0.2) is 0 Å². The second-order valence-electron chi connectivity index (χ2n) is 4.14. The fourth-order valence-electron chi connectivity index (χ4n) is 1.68. The van der Waals surface area contributed by atoms with Crippen LogP contribution in [0.4, 0.5) is 4.39 Å². The Hall–Kier alpha value is -1.57. The van der Waals surface area contributed by atoms with Gasteiger partial charge < -0.3 is 4.74 Å². The van der Waals surface area contributed by atoms with Crippen molar-refractivity contribution >= 4 is 27.5 Å². The number of nitriles is 1. The van der Waals surface area contributed by atoms with E-state index in [0.29, 0.717) is 21.7 Å². The van der Waals surface area contributed by atoms with Crippen LogP contribution in [0.1, 0.15) is 16.7 Å². The smallest absolute Gasteiger partial charge is 0.127 e. The number of nitrogens with zero attached hydrogens (tertiary/aromatic N) is 1. The Labute approximate surface area is 129 Å². The summed E-state index contributed by atoms with van der Waals surface area (Å²) in [5, 5.41) is 9.78. The van der Waals surface area contributed by atoms with Gasteiger partial charge in [0.05, 0.1) is 11.6 Å². The molecule has 0 unspecified atom stereocenters. The molecule has 20 heavy (non-hydrogen) atoms. The summed E-state index contributed by atoms with van der Waals surface area (Å²) < 4.78 is 18.9. The highest BCUT2D eigenvalue weighted by molar-refractivity contribution is 9.08. The molecule has 0 amide bonds. The predicted octanol–water partition coefficient (Wildman–Crippen LogP) is 4.82. The Morgan fingerprint density at radius 2 is 2.05 bits per heavy atom. The van der Waals surface area contributed by atoms with Crippen LogP contribution in [0, 0.1) is 17.1 Å². The zero-order valence-corrected chi connectivity index (χ0v) is 12.7. The molecule has 0 aliphatic carbocycles. The Morgan fingerprint density at radius 3 is 2.70 bits per heavy atom. The van der Waals surface area contributed by atoms with E-state index in [1.807, 2.05) is 6.07 Å². The minimum absolute atomic E-state index is 0.218. The summed E-state index contributed by atoms with van der Waals surface area (Å²) in [6.45, 7) is 0.218. The molecule has 0 fully saturated rings. The first-order chi connectivity index (χ1) is 9.62. The molecule has 2 nitrogen and oxygen atoms in total. The van der Waals surface area contributed by atoms with Gasteiger partial charge in [-0.3, -0.25) is 0 Å². The van der Waals surface area contributed by atoms with E-state index < -0.39 is 0 Å². The van der Waals surface area contributed by atoms with Gasteiger partial charge in [0.2, 0.25) is 0 Å². The van der Waals surface area contributed by atoms with E-state index in [9.17, 15) is 4.39 Å². The number of alkyl halides is 1. The van der Waals surface area contributed by atoms with E-state index in [1.165, 1.54) is 12.1 Å². The number of rotatable bonds is 4. The summed E-state index contributed by atoms with van der Waals surface area (Å²) in [5.74, 6) is 0.0998. The van der Waals surface area contributed by atoms with E-state index in [2.05, 4.69) is 15.9 Å². The van der Waals surface area contributed by atoms with E-state index in [0.717, 1.165) is 11.1 Å². The molecule has 0 atom stereocenters. The molecule has 0 aliphatic heterocycles. The minimum atomic E-state index is -0.345. The highest BCUT2D eigenvalue weighted by Crippen LogP contribution is 2.22. The summed E-state index contributed by atoms with van der Waals surface area (Å²) in [4.78, 5) is 0. The molecule has 2 aromatic carbocycles. The average Bonchev–Trinajstić information content (AvgIpc) is 2.45. The lowest BCUT2D eigenvalue weighted by Crippen LogP contribution is -1.98. The molecular formula is C15H10BrClFNO. The first kappa shape index (κ1) is 14.8. The fraction of sp³-hybridized carbons (Fsp3) is 0.133. The highest BCUT2D eigenvalue weighted by Gasteiger charge is 2.05. The van der Waals surface area contributed by atoms with Crippen LogP contribution in [0.15, 0.2) is 36.4 Å². The van der Waals surface area contributed by atoms with Crippen LogP contribution in [0.3, 0.4) is 0 Å². The van der Waals surface area contributed by atoms with Gasteiger partial charge in [-0.2, -0.15) is 5.26 Å². The van der Waals surface area contributed by atoms with Crippen LogP contribution < -0.4 is 4.74 Å². The average molecular weight is 355 g/mol. The predicted molar refractivity (Wildman–Crippen MR) is 79.5 cm³/mol. The zero-order valence-electron chi connectivity index (χ0n) is 10.4. The fourth-order valence-corrected chi connectivity index (χ4v) is 2.24. The summed E-state index contributed by atoms with van der Waals surface area (Å²) >= 11 is 9.33. The Morgan fingerprint density at radius 1 is 1.25 bits per heavy atom. The van der Waals surface area contributed by atoms with Crippen LogP contribution >= 0.6 is 27.5 Å². The van der Waals surface area contributed by atoms with Gasteiger partial charge in [0, 0.05) is 22.0 Å². The minimum Gasteiger partial charge on any atom is -0.489 e. The summed E-state index contributed by atoms with van der Waals surface area (Å²) in [7, 11) is 0. The SMILES string of the molecule is N#Cc1ccc(COc2cc(F)cc(CBr)c2)c(Cl)c1. The number of halogens is 3. The Kier molecular flexibility index (Phi) is 4.99. The first-order valence-electron chi connectivity index (χ1n) is 5.79. The van der Waals surface area contributed by atoms with Gasteiger partial charge in [-0.1, -0.05) is 33.6 Å². The van der Waals surface area contributed by atoms with Gasteiger partial charge in [0.15, 0.2) is 0 Å². The lowest BCUT2D eigenvalue weighted by molar-refractivity contribution is 0.304. The molecule has 0 saturated carbocycles. The summed E-state index contributed by atoms with van der Waals surface area (Å²) in [5.41, 5.74) is 2.03. The number of hydrogen-bond donors (Lipinski definition) is 0. The van der Waals surface area contributed by atoms with Crippen LogP contribution in [0.5, 0.6) is 5.75 Å². The molecule has 2 aromatic rings. The van der Waals surface area contributed by atoms with Gasteiger partial charge in [0.1, 0.15) is 18.2 Å². The third-order valence-corrected chi connectivity index (χ3v) is 3.66. The van der Waals surface area contributed by atoms with Gasteiger partial charge in [0.25, 0.3) is 0 Å². The van der Waals surface area contributed by atoms with Crippen LogP contribution in [0.25, 0.3) is 0 Å². The molecule has 0 radical (unpaired) electrons. The molecule has 0 saturated heterocycles. The van der Waals surface area contributed by atoms with Crippen molar-refractivity contribution in [2.75, 3.05) is 0 Å². The monoisotopic (exact) mass is 353 g/mol. The molecule has 2 rings (SSSR count). The van der Waals surface area contributed by atoms with Crippen LogP contribution in [0.2, 0.25) is 5.02 Å². The largest absolute Gasteiger partial charge is 0.489 e. The molecule has 0 heterocycles. The Bertz CT molecular complexity index is 669. The van der Waals surface area contributed by atoms with Crippen molar-refractivity contribution in [2.45, 2.75) is 11.9 Å². The molecule has 0 aromatic heterocycles. The molecule has 5 heteroatoms. The van der Waals surface area contributed by atoms with Crippen molar-refractivity contribution in [1.29, 1.82) is 5.26 Å². The summed E-state index contributed by atoms with van der Waals surface area (Å²) in [6, 6.07) is 11.5. The first-order valence-corrected chi connectivity index (χ1v) is 7.29. The maximum atomic E-state index is 13.4.